The molecule has 2 aromatic heterocycles. The molecule has 3 heteroatoms. The Balaban J connectivity index is 1.69. The van der Waals surface area contributed by atoms with Gasteiger partial charge in [-0.3, -0.25) is 0 Å². The van der Waals surface area contributed by atoms with E-state index >= 15 is 0 Å². The molecule has 208 valence electrons. The Hall–Kier alpha value is -1.16. The van der Waals surface area contributed by atoms with Crippen molar-refractivity contribution in [1.29, 1.82) is 0 Å². The molecule has 0 saturated carbocycles. The molecule has 0 spiro atoms. The number of rotatable bonds is 17. The van der Waals surface area contributed by atoms with E-state index in [9.17, 15) is 0 Å². The van der Waals surface area contributed by atoms with Crippen molar-refractivity contribution in [3.8, 4) is 9.75 Å². The summed E-state index contributed by atoms with van der Waals surface area (Å²) in [4.78, 5) is 6.26. The highest BCUT2D eigenvalue weighted by atomic mass is 32.1. The molecule has 4 rings (SSSR count). The lowest BCUT2D eigenvalue weighted by atomic mass is 9.97. The van der Waals surface area contributed by atoms with Crippen LogP contribution in [0.2, 0.25) is 6.04 Å². The second-order valence-corrected chi connectivity index (χ2v) is 18.4. The van der Waals surface area contributed by atoms with Crippen molar-refractivity contribution in [3.05, 3.63) is 51.7 Å². The molecule has 0 amide bonds. The molecule has 1 unspecified atom stereocenters. The number of hydrogen-bond acceptors (Lipinski definition) is 2. The van der Waals surface area contributed by atoms with Gasteiger partial charge in [-0.25, -0.2) is 0 Å². The Labute approximate surface area is 243 Å². The van der Waals surface area contributed by atoms with E-state index in [1.54, 1.807) is 25.3 Å². The van der Waals surface area contributed by atoms with Crippen LogP contribution in [0.1, 0.15) is 120 Å². The largest absolute Gasteiger partial charge is 0.152 e. The molecule has 0 nitrogen and oxygen atoms in total. The first-order valence-electron chi connectivity index (χ1n) is 15.8. The van der Waals surface area contributed by atoms with E-state index in [2.05, 4.69) is 93.7 Å². The van der Waals surface area contributed by atoms with E-state index in [0.717, 1.165) is 5.92 Å². The first-order valence-corrected chi connectivity index (χ1v) is 19.7. The van der Waals surface area contributed by atoms with Crippen LogP contribution >= 0.6 is 22.7 Å². The van der Waals surface area contributed by atoms with Gasteiger partial charge in [-0.05, 0) is 71.9 Å². The van der Waals surface area contributed by atoms with Gasteiger partial charge in [0.1, 0.15) is 0 Å². The maximum Gasteiger partial charge on any atom is 0.152 e. The lowest BCUT2D eigenvalue weighted by Crippen LogP contribution is -2.65. The fourth-order valence-corrected chi connectivity index (χ4v) is 16.1. The predicted octanol–water partition coefficient (Wildman–Crippen LogP) is 10.2. The van der Waals surface area contributed by atoms with Gasteiger partial charge in [0.2, 0.25) is 0 Å². The molecule has 1 aliphatic rings. The van der Waals surface area contributed by atoms with Crippen LogP contribution in [0.25, 0.3) is 9.75 Å². The van der Waals surface area contributed by atoms with Crippen LogP contribution < -0.4 is 15.6 Å². The average Bonchev–Trinajstić information content (AvgIpc) is 3.56. The standard InChI is InChI=1S/C35H52S2Si/c1-6-9-12-14-16-18-29-20-22-31(23-21-29)38(26-30(17-11-8-3)19-15-13-10-7-2)32-24-27(4)36-34(32)35-33(38)25-28(5)37-35/h20-25,30H,6-19,26H2,1-5H3. The molecular formula is C35H52S2Si. The summed E-state index contributed by atoms with van der Waals surface area (Å²) in [7, 11) is -2.04. The first kappa shape index (κ1) is 29.8. The van der Waals surface area contributed by atoms with Crippen LogP contribution in [0.15, 0.2) is 36.4 Å². The van der Waals surface area contributed by atoms with Gasteiger partial charge in [-0.2, -0.15) is 0 Å². The Morgan fingerprint density at radius 2 is 1.16 bits per heavy atom. The molecule has 0 bridgehead atoms. The van der Waals surface area contributed by atoms with Crippen molar-refractivity contribution in [2.45, 2.75) is 131 Å². The van der Waals surface area contributed by atoms with Gasteiger partial charge in [0.15, 0.2) is 8.07 Å². The molecule has 0 saturated heterocycles. The lowest BCUT2D eigenvalue weighted by molar-refractivity contribution is 0.442. The number of benzene rings is 1. The van der Waals surface area contributed by atoms with Crippen molar-refractivity contribution in [1.82, 2.24) is 0 Å². The summed E-state index contributed by atoms with van der Waals surface area (Å²) in [5.74, 6) is 0.843. The van der Waals surface area contributed by atoms with Gasteiger partial charge in [0, 0.05) is 19.5 Å². The first-order chi connectivity index (χ1) is 18.5. The molecule has 0 N–H and O–H groups in total. The van der Waals surface area contributed by atoms with E-state index in [0.29, 0.717) is 0 Å². The smallest absolute Gasteiger partial charge is 0.140 e. The Morgan fingerprint density at radius 3 is 1.74 bits per heavy atom. The average molecular weight is 565 g/mol. The summed E-state index contributed by atoms with van der Waals surface area (Å²) in [6.07, 6.45) is 19.1. The normalized spacial score (nSPS) is 14.6. The van der Waals surface area contributed by atoms with Gasteiger partial charge >= 0.3 is 0 Å². The predicted molar refractivity (Wildman–Crippen MR) is 177 cm³/mol. The van der Waals surface area contributed by atoms with Gasteiger partial charge < -0.3 is 0 Å². The van der Waals surface area contributed by atoms with Crippen LogP contribution in [0.4, 0.5) is 0 Å². The molecule has 1 aromatic carbocycles. The highest BCUT2D eigenvalue weighted by molar-refractivity contribution is 7.31. The van der Waals surface area contributed by atoms with E-state index in [-0.39, 0.29) is 0 Å². The van der Waals surface area contributed by atoms with Gasteiger partial charge in [-0.15, -0.1) is 22.7 Å². The number of thiophene rings is 2. The topological polar surface area (TPSA) is 0 Å². The number of aryl methyl sites for hydroxylation is 3. The Morgan fingerprint density at radius 1 is 0.632 bits per heavy atom. The zero-order valence-corrected chi connectivity index (χ0v) is 27.6. The second-order valence-electron chi connectivity index (χ2n) is 12.0. The SMILES string of the molecule is CCCCCCCc1ccc([Si]2(CC(CCCC)CCCCCC)c3cc(C)sc3-c3sc(C)cc32)cc1. The van der Waals surface area contributed by atoms with Crippen LogP contribution in [0.5, 0.6) is 0 Å². The fraction of sp³-hybridized carbons (Fsp3) is 0.600. The minimum atomic E-state index is -2.04. The maximum atomic E-state index is 2.61. The van der Waals surface area contributed by atoms with Crippen molar-refractivity contribution in [2.24, 2.45) is 5.92 Å². The van der Waals surface area contributed by atoms with Crippen molar-refractivity contribution in [3.63, 3.8) is 0 Å². The molecule has 1 atom stereocenters. The number of unbranched alkanes of at least 4 members (excludes halogenated alkanes) is 8. The Kier molecular flexibility index (Phi) is 11.3. The van der Waals surface area contributed by atoms with E-state index in [1.807, 2.05) is 0 Å². The minimum absolute atomic E-state index is 0.843. The molecule has 3 heterocycles. The minimum Gasteiger partial charge on any atom is -0.140 e. The van der Waals surface area contributed by atoms with Crippen LogP contribution in [-0.2, 0) is 6.42 Å². The summed E-state index contributed by atoms with van der Waals surface area (Å²) in [6, 6.07) is 16.8. The van der Waals surface area contributed by atoms with Crippen LogP contribution in [0, 0.1) is 19.8 Å². The third-order valence-corrected chi connectivity index (χ3v) is 16.6. The van der Waals surface area contributed by atoms with E-state index < -0.39 is 8.07 Å². The third kappa shape index (κ3) is 6.76. The monoisotopic (exact) mass is 564 g/mol. The summed E-state index contributed by atoms with van der Waals surface area (Å²) >= 11 is 4.13. The van der Waals surface area contributed by atoms with Gasteiger partial charge in [-0.1, -0.05) is 122 Å². The quantitative estimate of drug-likeness (QED) is 0.113. The number of hydrogen-bond donors (Lipinski definition) is 0. The summed E-state index contributed by atoms with van der Waals surface area (Å²) in [6.45, 7) is 11.7. The summed E-state index contributed by atoms with van der Waals surface area (Å²) < 4.78 is 0. The van der Waals surface area contributed by atoms with E-state index in [4.69, 9.17) is 0 Å². The zero-order chi connectivity index (χ0) is 27.0. The molecule has 3 aromatic rings. The highest BCUT2D eigenvalue weighted by Gasteiger charge is 2.50. The molecule has 0 radical (unpaired) electrons. The zero-order valence-electron chi connectivity index (χ0n) is 25.0. The molecule has 38 heavy (non-hydrogen) atoms. The summed E-state index contributed by atoms with van der Waals surface area (Å²) in [5.41, 5.74) is 1.54. The van der Waals surface area contributed by atoms with Gasteiger partial charge in [0.25, 0.3) is 0 Å². The van der Waals surface area contributed by atoms with Crippen molar-refractivity contribution >= 4 is 46.3 Å². The maximum absolute atomic E-state index is 2.61. The third-order valence-electron chi connectivity index (χ3n) is 8.88. The Bertz CT molecular complexity index is 1070. The van der Waals surface area contributed by atoms with Gasteiger partial charge in [0.05, 0.1) is 0 Å². The van der Waals surface area contributed by atoms with Crippen molar-refractivity contribution in [2.75, 3.05) is 0 Å². The molecule has 1 aliphatic heterocycles. The second kappa shape index (κ2) is 14.5. The summed E-state index contributed by atoms with van der Waals surface area (Å²) in [5, 5.41) is 5.19. The lowest BCUT2D eigenvalue weighted by Gasteiger charge is -2.34. The number of fused-ring (bicyclic) bond motifs is 3. The highest BCUT2D eigenvalue weighted by Crippen LogP contribution is 2.42. The fourth-order valence-electron chi connectivity index (χ4n) is 6.82. The van der Waals surface area contributed by atoms with Crippen LogP contribution in [-0.4, -0.2) is 8.07 Å². The molecule has 0 aliphatic carbocycles. The molecule has 0 fully saturated rings. The van der Waals surface area contributed by atoms with E-state index in [1.165, 1.54) is 111 Å². The van der Waals surface area contributed by atoms with Crippen molar-refractivity contribution < 1.29 is 0 Å². The van der Waals surface area contributed by atoms with Crippen LogP contribution in [0.3, 0.4) is 0 Å². The molecular weight excluding hydrogens is 513 g/mol.